The lowest BCUT2D eigenvalue weighted by molar-refractivity contribution is 0.589. The molecule has 0 aromatic carbocycles. The lowest BCUT2D eigenvalue weighted by Crippen LogP contribution is -2.43. The van der Waals surface area contributed by atoms with E-state index in [4.69, 9.17) is 0 Å². The van der Waals surface area contributed by atoms with Crippen LogP contribution in [0.2, 0.25) is 0 Å². The molecule has 0 saturated carbocycles. The Morgan fingerprint density at radius 3 is 2.62 bits per heavy atom. The van der Waals surface area contributed by atoms with Crippen LogP contribution in [0.15, 0.2) is 42.9 Å². The van der Waals surface area contributed by atoms with E-state index in [1.807, 2.05) is 22.7 Å². The first-order valence-electron chi connectivity index (χ1n) is 7.13. The van der Waals surface area contributed by atoms with E-state index in [2.05, 4.69) is 37.5 Å². The van der Waals surface area contributed by atoms with Crippen LogP contribution in [0, 0.1) is 0 Å². The molecule has 0 aliphatic carbocycles. The molecule has 6 heteroatoms. The van der Waals surface area contributed by atoms with Crippen molar-refractivity contribution >= 4 is 11.3 Å². The highest BCUT2D eigenvalue weighted by Crippen LogP contribution is 2.21. The van der Waals surface area contributed by atoms with Gasteiger partial charge in [0.1, 0.15) is 0 Å². The first kappa shape index (κ1) is 12.3. The molecule has 0 atom stereocenters. The van der Waals surface area contributed by atoms with Crippen LogP contribution in [0.4, 0.5) is 5.69 Å². The minimum absolute atomic E-state index is 0.847. The van der Waals surface area contributed by atoms with E-state index in [0.717, 1.165) is 43.2 Å². The van der Waals surface area contributed by atoms with E-state index in [0.29, 0.717) is 0 Å². The van der Waals surface area contributed by atoms with Crippen molar-refractivity contribution in [2.75, 3.05) is 31.1 Å². The number of aromatic nitrogens is 4. The largest absolute Gasteiger partial charge is 0.369 e. The molecular weight excluding hydrogens is 264 g/mol. The van der Waals surface area contributed by atoms with Crippen LogP contribution in [-0.4, -0.2) is 45.8 Å². The molecule has 0 unspecified atom stereocenters. The highest BCUT2D eigenvalue weighted by Gasteiger charge is 2.13. The fourth-order valence-electron chi connectivity index (χ4n) is 2.70. The van der Waals surface area contributed by atoms with Gasteiger partial charge < -0.3 is 10.2 Å². The van der Waals surface area contributed by atoms with Gasteiger partial charge in [0.25, 0.3) is 0 Å². The van der Waals surface area contributed by atoms with Crippen molar-refractivity contribution < 1.29 is 0 Å². The van der Waals surface area contributed by atoms with Gasteiger partial charge in [-0.25, -0.2) is 0 Å². The van der Waals surface area contributed by atoms with Crippen LogP contribution in [-0.2, 0) is 0 Å². The molecule has 0 bridgehead atoms. The van der Waals surface area contributed by atoms with Crippen molar-refractivity contribution in [2.24, 2.45) is 0 Å². The number of piperazine rings is 1. The maximum atomic E-state index is 4.31. The van der Waals surface area contributed by atoms with Crippen molar-refractivity contribution in [3.63, 3.8) is 0 Å². The summed E-state index contributed by atoms with van der Waals surface area (Å²) in [6.45, 7) is 4.11. The molecule has 0 spiro atoms. The van der Waals surface area contributed by atoms with Gasteiger partial charge in [-0.2, -0.15) is 0 Å². The minimum atomic E-state index is 0.847. The molecule has 21 heavy (non-hydrogen) atoms. The quantitative estimate of drug-likeness (QED) is 0.764. The highest BCUT2D eigenvalue weighted by atomic mass is 15.3. The molecule has 3 aromatic heterocycles. The van der Waals surface area contributed by atoms with Gasteiger partial charge in [-0.1, -0.05) is 0 Å². The van der Waals surface area contributed by atoms with Gasteiger partial charge in [-0.05, 0) is 18.2 Å². The summed E-state index contributed by atoms with van der Waals surface area (Å²) in [5, 5.41) is 12.0. The fraction of sp³-hybridized carbons (Fsp3) is 0.267. The first-order chi connectivity index (χ1) is 10.4. The second-order valence-corrected chi connectivity index (χ2v) is 5.11. The van der Waals surface area contributed by atoms with Crippen molar-refractivity contribution in [3.8, 4) is 11.4 Å². The van der Waals surface area contributed by atoms with Crippen molar-refractivity contribution in [2.45, 2.75) is 0 Å². The fourth-order valence-corrected chi connectivity index (χ4v) is 2.70. The number of rotatable bonds is 2. The molecule has 0 radical (unpaired) electrons. The summed E-state index contributed by atoms with van der Waals surface area (Å²) in [6, 6.07) is 8.12. The predicted octanol–water partition coefficient (Wildman–Crippen LogP) is 1.20. The summed E-state index contributed by atoms with van der Waals surface area (Å²) < 4.78 is 2.01. The van der Waals surface area contributed by atoms with Crippen LogP contribution >= 0.6 is 0 Å². The third-order valence-corrected chi connectivity index (χ3v) is 3.81. The van der Waals surface area contributed by atoms with Gasteiger partial charge in [-0.15, -0.1) is 10.2 Å². The molecule has 1 fully saturated rings. The minimum Gasteiger partial charge on any atom is -0.369 e. The molecule has 1 aliphatic heterocycles. The Kier molecular flexibility index (Phi) is 3.01. The van der Waals surface area contributed by atoms with Crippen LogP contribution in [0.3, 0.4) is 0 Å². The molecular formula is C15H16N6. The maximum Gasteiger partial charge on any atom is 0.168 e. The second kappa shape index (κ2) is 5.14. The molecule has 1 saturated heterocycles. The van der Waals surface area contributed by atoms with Crippen LogP contribution in [0.5, 0.6) is 0 Å². The predicted molar refractivity (Wildman–Crippen MR) is 81.3 cm³/mol. The Balaban J connectivity index is 1.74. The molecule has 1 aliphatic rings. The summed E-state index contributed by atoms with van der Waals surface area (Å²) in [5.41, 5.74) is 3.10. The van der Waals surface area contributed by atoms with Crippen molar-refractivity contribution in [1.82, 2.24) is 24.9 Å². The zero-order valence-corrected chi connectivity index (χ0v) is 11.6. The molecule has 1 N–H and O–H groups in total. The summed E-state index contributed by atoms with van der Waals surface area (Å²) in [5.74, 6) is 0.847. The summed E-state index contributed by atoms with van der Waals surface area (Å²) in [7, 11) is 0. The zero-order chi connectivity index (χ0) is 14.1. The van der Waals surface area contributed by atoms with Crippen molar-refractivity contribution in [3.05, 3.63) is 42.9 Å². The van der Waals surface area contributed by atoms with E-state index in [1.54, 1.807) is 12.4 Å². The van der Waals surface area contributed by atoms with Crippen LogP contribution < -0.4 is 10.2 Å². The molecule has 106 valence electrons. The van der Waals surface area contributed by atoms with Crippen molar-refractivity contribution in [1.29, 1.82) is 0 Å². The van der Waals surface area contributed by atoms with E-state index in [9.17, 15) is 0 Å². The van der Waals surface area contributed by atoms with Gasteiger partial charge in [-0.3, -0.25) is 9.38 Å². The zero-order valence-electron chi connectivity index (χ0n) is 11.6. The van der Waals surface area contributed by atoms with E-state index >= 15 is 0 Å². The Hall–Kier alpha value is -2.47. The Morgan fingerprint density at radius 2 is 1.81 bits per heavy atom. The number of hydrogen-bond donors (Lipinski definition) is 1. The number of nitrogens with one attached hydrogen (secondary N) is 1. The van der Waals surface area contributed by atoms with Gasteiger partial charge >= 0.3 is 0 Å². The van der Waals surface area contributed by atoms with Crippen LogP contribution in [0.25, 0.3) is 17.0 Å². The lowest BCUT2D eigenvalue weighted by atomic mass is 10.2. The Morgan fingerprint density at radius 1 is 1.00 bits per heavy atom. The highest BCUT2D eigenvalue weighted by molar-refractivity contribution is 5.63. The molecule has 4 heterocycles. The normalized spacial score (nSPS) is 15.5. The third kappa shape index (κ3) is 2.23. The number of fused-ring (bicyclic) bond motifs is 1. The molecule has 4 rings (SSSR count). The van der Waals surface area contributed by atoms with Gasteiger partial charge in [0.15, 0.2) is 11.5 Å². The number of pyridine rings is 2. The van der Waals surface area contributed by atoms with Gasteiger partial charge in [0, 0.05) is 62.1 Å². The molecule has 0 amide bonds. The maximum absolute atomic E-state index is 4.31. The smallest absolute Gasteiger partial charge is 0.168 e. The van der Waals surface area contributed by atoms with E-state index in [-0.39, 0.29) is 0 Å². The average Bonchev–Trinajstić information content (AvgIpc) is 2.99. The Labute approximate surface area is 122 Å². The summed E-state index contributed by atoms with van der Waals surface area (Å²) in [6.07, 6.45) is 5.58. The Bertz CT molecular complexity index is 745. The van der Waals surface area contributed by atoms with Crippen LogP contribution in [0.1, 0.15) is 0 Å². The summed E-state index contributed by atoms with van der Waals surface area (Å²) >= 11 is 0. The standard InChI is InChI=1S/C15H16N6/c1-4-16-5-2-12(1)15-19-18-14-11-13(3-8-21(14)15)20-9-6-17-7-10-20/h1-5,8,11,17H,6-7,9-10H2. The van der Waals surface area contributed by atoms with E-state index < -0.39 is 0 Å². The number of nitrogens with zero attached hydrogens (tertiary/aromatic N) is 5. The van der Waals surface area contributed by atoms with Gasteiger partial charge in [0.05, 0.1) is 0 Å². The SMILES string of the molecule is c1cc(-c2nnc3cc(N4CCNCC4)ccn23)ccn1. The molecule has 3 aromatic rings. The monoisotopic (exact) mass is 280 g/mol. The second-order valence-electron chi connectivity index (χ2n) is 5.11. The molecule has 6 nitrogen and oxygen atoms in total. The summed E-state index contributed by atoms with van der Waals surface area (Å²) in [4.78, 5) is 6.41. The van der Waals surface area contributed by atoms with E-state index in [1.165, 1.54) is 5.69 Å². The average molecular weight is 280 g/mol. The number of hydrogen-bond acceptors (Lipinski definition) is 5. The number of anilines is 1. The van der Waals surface area contributed by atoms with Gasteiger partial charge in [0.2, 0.25) is 0 Å². The topological polar surface area (TPSA) is 58.4 Å². The first-order valence-corrected chi connectivity index (χ1v) is 7.13. The lowest BCUT2D eigenvalue weighted by Gasteiger charge is -2.29. The third-order valence-electron chi connectivity index (χ3n) is 3.81.